The van der Waals surface area contributed by atoms with Crippen molar-refractivity contribution in [3.8, 4) is 5.75 Å². The average molecular weight is 358 g/mol. The van der Waals surface area contributed by atoms with E-state index in [0.29, 0.717) is 43.1 Å². The molecule has 2 heterocycles. The van der Waals surface area contributed by atoms with Crippen molar-refractivity contribution in [2.24, 2.45) is 5.73 Å². The van der Waals surface area contributed by atoms with E-state index in [2.05, 4.69) is 5.10 Å². The number of rotatable bonds is 6. The molecule has 8 nitrogen and oxygen atoms in total. The molecule has 3 N–H and O–H groups in total. The number of aliphatic hydroxyl groups excluding tert-OH is 1. The van der Waals surface area contributed by atoms with Gasteiger partial charge in [0.05, 0.1) is 30.6 Å². The maximum absolute atomic E-state index is 12.8. The first-order valence-corrected chi connectivity index (χ1v) is 8.53. The number of aromatic nitrogens is 2. The number of carbonyl (C=O) groups excluding carboxylic acids is 2. The predicted molar refractivity (Wildman–Crippen MR) is 93.3 cm³/mol. The first-order valence-electron chi connectivity index (χ1n) is 8.53. The molecule has 0 aliphatic carbocycles. The normalized spacial score (nSPS) is 14.6. The summed E-state index contributed by atoms with van der Waals surface area (Å²) >= 11 is 0. The Morgan fingerprint density at radius 2 is 2.15 bits per heavy atom. The van der Waals surface area contributed by atoms with Crippen LogP contribution in [0.3, 0.4) is 0 Å². The van der Waals surface area contributed by atoms with Gasteiger partial charge in [-0.3, -0.25) is 14.3 Å². The van der Waals surface area contributed by atoms with Crippen LogP contribution in [0.4, 0.5) is 0 Å². The van der Waals surface area contributed by atoms with Crippen molar-refractivity contribution in [2.75, 3.05) is 13.2 Å². The van der Waals surface area contributed by atoms with Crippen molar-refractivity contribution in [2.45, 2.75) is 32.5 Å². The SMILES string of the molecule is CC[C@@H](O)c1cc2n(n1)CCN(C(=O)c1cccc(OCC(N)=O)c1)C2. The van der Waals surface area contributed by atoms with Crippen LogP contribution in [0.2, 0.25) is 0 Å². The highest BCUT2D eigenvalue weighted by atomic mass is 16.5. The Bertz CT molecular complexity index is 817. The molecule has 0 saturated carbocycles. The molecule has 0 radical (unpaired) electrons. The van der Waals surface area contributed by atoms with Crippen LogP contribution in [0, 0.1) is 0 Å². The number of primary amides is 1. The Morgan fingerprint density at radius 1 is 1.35 bits per heavy atom. The molecule has 0 spiro atoms. The van der Waals surface area contributed by atoms with Gasteiger partial charge >= 0.3 is 0 Å². The first-order chi connectivity index (χ1) is 12.5. The quantitative estimate of drug-likeness (QED) is 0.795. The summed E-state index contributed by atoms with van der Waals surface area (Å²) < 4.78 is 7.09. The minimum Gasteiger partial charge on any atom is -0.484 e. The summed E-state index contributed by atoms with van der Waals surface area (Å²) in [6, 6.07) is 8.53. The van der Waals surface area contributed by atoms with Gasteiger partial charge in [0.15, 0.2) is 6.61 Å². The number of hydrogen-bond acceptors (Lipinski definition) is 5. The molecular formula is C18H22N4O4. The predicted octanol–water partition coefficient (Wildman–Crippen LogP) is 0.847. The van der Waals surface area contributed by atoms with Crippen LogP contribution in [0.1, 0.15) is 41.2 Å². The summed E-state index contributed by atoms with van der Waals surface area (Å²) in [7, 11) is 0. The highest BCUT2D eigenvalue weighted by Gasteiger charge is 2.24. The molecule has 2 aromatic rings. The number of benzene rings is 1. The van der Waals surface area contributed by atoms with Crippen molar-refractivity contribution in [3.05, 3.63) is 47.3 Å². The van der Waals surface area contributed by atoms with Crippen LogP contribution in [0.5, 0.6) is 5.75 Å². The first kappa shape index (κ1) is 17.9. The standard InChI is InChI=1S/C18H22N4O4/c1-2-16(23)15-9-13-10-21(6-7-22(13)20-15)18(25)12-4-3-5-14(8-12)26-11-17(19)24/h3-5,8-9,16,23H,2,6-7,10-11H2,1H3,(H2,19,24)/t16-/m1/s1. The number of ether oxygens (including phenoxy) is 1. The van der Waals surface area contributed by atoms with Crippen molar-refractivity contribution in [1.29, 1.82) is 0 Å². The van der Waals surface area contributed by atoms with E-state index in [4.69, 9.17) is 10.5 Å². The number of aliphatic hydroxyl groups is 1. The van der Waals surface area contributed by atoms with E-state index in [1.807, 2.05) is 17.7 Å². The highest BCUT2D eigenvalue weighted by molar-refractivity contribution is 5.94. The van der Waals surface area contributed by atoms with Crippen molar-refractivity contribution >= 4 is 11.8 Å². The van der Waals surface area contributed by atoms with Gasteiger partial charge in [-0.1, -0.05) is 13.0 Å². The van der Waals surface area contributed by atoms with Crippen LogP contribution in [0.25, 0.3) is 0 Å². The number of hydrogen-bond donors (Lipinski definition) is 2. The van der Waals surface area contributed by atoms with Gasteiger partial charge in [0.1, 0.15) is 5.75 Å². The smallest absolute Gasteiger partial charge is 0.255 e. The summed E-state index contributed by atoms with van der Waals surface area (Å²) in [4.78, 5) is 25.3. The molecule has 138 valence electrons. The summed E-state index contributed by atoms with van der Waals surface area (Å²) in [5.74, 6) is -0.277. The maximum atomic E-state index is 12.8. The van der Waals surface area contributed by atoms with Gasteiger partial charge in [0.2, 0.25) is 0 Å². The van der Waals surface area contributed by atoms with Crippen LogP contribution < -0.4 is 10.5 Å². The number of nitrogens with two attached hydrogens (primary N) is 1. The van der Waals surface area contributed by atoms with Crippen molar-refractivity contribution < 1.29 is 19.4 Å². The van der Waals surface area contributed by atoms with Gasteiger partial charge in [0, 0.05) is 12.1 Å². The number of fused-ring (bicyclic) bond motifs is 1. The topological polar surface area (TPSA) is 111 Å². The zero-order chi connectivity index (χ0) is 18.7. The fourth-order valence-corrected chi connectivity index (χ4v) is 2.89. The lowest BCUT2D eigenvalue weighted by Crippen LogP contribution is -2.38. The number of carbonyl (C=O) groups is 2. The van der Waals surface area contributed by atoms with Crippen LogP contribution in [-0.2, 0) is 17.9 Å². The minimum absolute atomic E-state index is 0.125. The fourth-order valence-electron chi connectivity index (χ4n) is 2.89. The Balaban J connectivity index is 1.72. The van der Waals surface area contributed by atoms with E-state index in [-0.39, 0.29) is 12.5 Å². The van der Waals surface area contributed by atoms with E-state index in [1.165, 1.54) is 0 Å². The molecule has 0 unspecified atom stereocenters. The zero-order valence-corrected chi connectivity index (χ0v) is 14.6. The summed E-state index contributed by atoms with van der Waals surface area (Å²) in [6.07, 6.45) is 0.00771. The lowest BCUT2D eigenvalue weighted by molar-refractivity contribution is -0.119. The summed E-state index contributed by atoms with van der Waals surface area (Å²) in [5, 5.41) is 14.4. The Hall–Kier alpha value is -2.87. The van der Waals surface area contributed by atoms with Crippen LogP contribution in [0.15, 0.2) is 30.3 Å². The van der Waals surface area contributed by atoms with Gasteiger partial charge in [-0.05, 0) is 30.7 Å². The highest BCUT2D eigenvalue weighted by Crippen LogP contribution is 2.22. The second-order valence-electron chi connectivity index (χ2n) is 6.22. The Morgan fingerprint density at radius 3 is 2.88 bits per heavy atom. The molecule has 0 fully saturated rings. The third kappa shape index (κ3) is 3.85. The monoisotopic (exact) mass is 358 g/mol. The van der Waals surface area contributed by atoms with E-state index < -0.39 is 12.0 Å². The molecule has 26 heavy (non-hydrogen) atoms. The lowest BCUT2D eigenvalue weighted by atomic mass is 10.1. The van der Waals surface area contributed by atoms with Gasteiger partial charge in [-0.15, -0.1) is 0 Å². The molecule has 0 saturated heterocycles. The van der Waals surface area contributed by atoms with Gasteiger partial charge < -0.3 is 20.5 Å². The van der Waals surface area contributed by atoms with Gasteiger partial charge in [0.25, 0.3) is 11.8 Å². The molecule has 1 aromatic carbocycles. The van der Waals surface area contributed by atoms with Crippen LogP contribution in [-0.4, -0.2) is 44.8 Å². The minimum atomic E-state index is -0.587. The Kier molecular flexibility index (Phi) is 5.22. The van der Waals surface area contributed by atoms with Crippen LogP contribution >= 0.6 is 0 Å². The average Bonchev–Trinajstić information content (AvgIpc) is 3.08. The van der Waals surface area contributed by atoms with E-state index >= 15 is 0 Å². The lowest BCUT2D eigenvalue weighted by Gasteiger charge is -2.27. The van der Waals surface area contributed by atoms with Crippen molar-refractivity contribution in [1.82, 2.24) is 14.7 Å². The number of nitrogens with zero attached hydrogens (tertiary/aromatic N) is 3. The fraction of sp³-hybridized carbons (Fsp3) is 0.389. The van der Waals surface area contributed by atoms with E-state index in [1.54, 1.807) is 29.2 Å². The molecule has 1 aliphatic heterocycles. The van der Waals surface area contributed by atoms with E-state index in [0.717, 1.165) is 5.69 Å². The number of amides is 2. The third-order valence-electron chi connectivity index (χ3n) is 4.29. The van der Waals surface area contributed by atoms with Gasteiger partial charge in [-0.25, -0.2) is 0 Å². The molecule has 0 bridgehead atoms. The molecule has 1 aliphatic rings. The second kappa shape index (κ2) is 7.57. The third-order valence-corrected chi connectivity index (χ3v) is 4.29. The molecule has 3 rings (SSSR count). The summed E-state index contributed by atoms with van der Waals surface area (Å²) in [6.45, 7) is 3.20. The summed E-state index contributed by atoms with van der Waals surface area (Å²) in [5.41, 5.74) is 7.08. The van der Waals surface area contributed by atoms with E-state index in [9.17, 15) is 14.7 Å². The molecule has 2 amide bonds. The molecule has 1 aromatic heterocycles. The van der Waals surface area contributed by atoms with Crippen molar-refractivity contribution in [3.63, 3.8) is 0 Å². The molecular weight excluding hydrogens is 336 g/mol. The Labute approximate surface area is 151 Å². The molecule has 8 heteroatoms. The largest absolute Gasteiger partial charge is 0.484 e. The zero-order valence-electron chi connectivity index (χ0n) is 14.6. The maximum Gasteiger partial charge on any atom is 0.255 e. The molecule has 1 atom stereocenters. The second-order valence-corrected chi connectivity index (χ2v) is 6.22. The van der Waals surface area contributed by atoms with Gasteiger partial charge in [-0.2, -0.15) is 5.10 Å².